The van der Waals surface area contributed by atoms with Crippen molar-refractivity contribution < 1.29 is 17.6 Å². The van der Waals surface area contributed by atoms with E-state index in [-0.39, 0.29) is 0 Å². The first kappa shape index (κ1) is 25.7. The van der Waals surface area contributed by atoms with E-state index in [9.17, 15) is 17.6 Å². The summed E-state index contributed by atoms with van der Waals surface area (Å²) in [6.07, 6.45) is 6.21. The molecular formula is C27H31FN4O3S. The largest absolute Gasteiger partial charge is 0.366 e. The minimum atomic E-state index is -3.26. The summed E-state index contributed by atoms with van der Waals surface area (Å²) in [5.74, 6) is -0.537. The Kier molecular flexibility index (Phi) is 7.33. The quantitative estimate of drug-likeness (QED) is 0.398. The number of benzene rings is 2. The fourth-order valence-corrected chi connectivity index (χ4v) is 5.42. The second-order valence-electron chi connectivity index (χ2n) is 8.97. The Morgan fingerprint density at radius 2 is 2.03 bits per heavy atom. The monoisotopic (exact) mass is 510 g/mol. The van der Waals surface area contributed by atoms with Gasteiger partial charge in [0.15, 0.2) is 0 Å². The molecule has 190 valence electrons. The number of H-pyrrole nitrogens is 1. The van der Waals surface area contributed by atoms with Gasteiger partial charge in [-0.25, -0.2) is 12.8 Å². The summed E-state index contributed by atoms with van der Waals surface area (Å²) in [7, 11) is -3.26. The first-order chi connectivity index (χ1) is 17.1. The molecule has 3 aromatic rings. The number of hydrogen-bond donors (Lipinski definition) is 3. The van der Waals surface area contributed by atoms with Crippen LogP contribution < -0.4 is 11.1 Å². The van der Waals surface area contributed by atoms with Gasteiger partial charge in [0.2, 0.25) is 10.0 Å². The third-order valence-corrected chi connectivity index (χ3v) is 7.83. The highest BCUT2D eigenvalue weighted by Gasteiger charge is 2.22. The number of carbonyl (C=O) groups excluding carboxylic acids is 1. The SMILES string of the molecule is CC/C=C(\CF)Nc1cccc(-c2ccc(C(N)=O)c3[nH]c(C4=CCN(S(C)(=O)=O)CC4)cc23)c1C. The summed E-state index contributed by atoms with van der Waals surface area (Å²) in [4.78, 5) is 15.6. The third-order valence-electron chi connectivity index (χ3n) is 6.56. The van der Waals surface area contributed by atoms with Gasteiger partial charge in [-0.15, -0.1) is 0 Å². The number of allylic oxidation sites excluding steroid dienone is 2. The van der Waals surface area contributed by atoms with Gasteiger partial charge in [0, 0.05) is 35.6 Å². The number of aromatic nitrogens is 1. The van der Waals surface area contributed by atoms with E-state index in [1.807, 2.05) is 56.3 Å². The fourth-order valence-electron chi connectivity index (χ4n) is 4.65. The minimum absolute atomic E-state index is 0.300. The number of aromatic amines is 1. The van der Waals surface area contributed by atoms with Gasteiger partial charge in [-0.3, -0.25) is 4.79 Å². The molecule has 1 aliphatic heterocycles. The van der Waals surface area contributed by atoms with E-state index >= 15 is 0 Å². The maximum atomic E-state index is 13.5. The van der Waals surface area contributed by atoms with Crippen LogP contribution in [0.25, 0.3) is 27.6 Å². The summed E-state index contributed by atoms with van der Waals surface area (Å²) in [6.45, 7) is 4.05. The molecule has 1 aliphatic rings. The van der Waals surface area contributed by atoms with Gasteiger partial charge < -0.3 is 16.0 Å². The smallest absolute Gasteiger partial charge is 0.250 e. The minimum Gasteiger partial charge on any atom is -0.366 e. The molecule has 1 aromatic heterocycles. The van der Waals surface area contributed by atoms with Crippen molar-refractivity contribution in [2.75, 3.05) is 31.3 Å². The molecule has 0 saturated carbocycles. The highest BCUT2D eigenvalue weighted by Crippen LogP contribution is 2.37. The van der Waals surface area contributed by atoms with Crippen LogP contribution in [0.15, 0.2) is 54.2 Å². The molecule has 0 atom stereocenters. The zero-order valence-electron chi connectivity index (χ0n) is 20.7. The van der Waals surface area contributed by atoms with Crippen LogP contribution in [-0.4, -0.2) is 49.6 Å². The summed E-state index contributed by atoms with van der Waals surface area (Å²) in [5, 5.41) is 4.04. The highest BCUT2D eigenvalue weighted by molar-refractivity contribution is 7.88. The predicted molar refractivity (Wildman–Crippen MR) is 144 cm³/mol. The van der Waals surface area contributed by atoms with Crippen LogP contribution >= 0.6 is 0 Å². The number of fused-ring (bicyclic) bond motifs is 1. The van der Waals surface area contributed by atoms with E-state index in [4.69, 9.17) is 5.73 Å². The zero-order valence-corrected chi connectivity index (χ0v) is 21.5. The average molecular weight is 511 g/mol. The topological polar surface area (TPSA) is 108 Å². The van der Waals surface area contributed by atoms with Gasteiger partial charge in [-0.2, -0.15) is 4.31 Å². The second-order valence-corrected chi connectivity index (χ2v) is 11.0. The van der Waals surface area contributed by atoms with Gasteiger partial charge in [0.05, 0.1) is 17.3 Å². The summed E-state index contributed by atoms with van der Waals surface area (Å²) < 4.78 is 38.7. The number of nitrogens with one attached hydrogen (secondary N) is 2. The number of alkyl halides is 1. The average Bonchev–Trinajstić information content (AvgIpc) is 3.29. The Balaban J connectivity index is 1.82. The van der Waals surface area contributed by atoms with Gasteiger partial charge in [-0.05, 0) is 60.2 Å². The van der Waals surface area contributed by atoms with Gasteiger partial charge >= 0.3 is 0 Å². The van der Waals surface area contributed by atoms with Crippen LogP contribution in [0.2, 0.25) is 0 Å². The number of nitrogens with zero attached hydrogens (tertiary/aromatic N) is 1. The van der Waals surface area contributed by atoms with Crippen LogP contribution in [0.4, 0.5) is 10.1 Å². The lowest BCUT2D eigenvalue weighted by molar-refractivity contribution is 0.100. The van der Waals surface area contributed by atoms with Gasteiger partial charge in [0.1, 0.15) is 6.67 Å². The third kappa shape index (κ3) is 5.08. The van der Waals surface area contributed by atoms with Crippen molar-refractivity contribution in [3.05, 3.63) is 71.1 Å². The number of carbonyl (C=O) groups is 1. The molecular weight excluding hydrogens is 479 g/mol. The summed E-state index contributed by atoms with van der Waals surface area (Å²) >= 11 is 0. The standard InChI is InChI=1S/C27H31FN4O3S/c1-4-6-19(16-28)30-24-8-5-7-20(17(24)2)21-9-10-22(27(29)33)26-23(21)15-25(31-26)18-11-13-32(14-12-18)36(3,34)35/h5-11,15,30-31H,4,12-14,16H2,1-3H3,(H2,29,33)/b19-6+. The van der Waals surface area contributed by atoms with E-state index in [0.717, 1.165) is 45.5 Å². The number of primary amides is 1. The zero-order chi connectivity index (χ0) is 26.0. The molecule has 7 nitrogen and oxygen atoms in total. The fraction of sp³-hybridized carbons (Fsp3) is 0.296. The Morgan fingerprint density at radius 1 is 1.25 bits per heavy atom. The molecule has 2 aromatic carbocycles. The number of hydrogen-bond acceptors (Lipinski definition) is 4. The molecule has 0 aliphatic carbocycles. The molecule has 0 unspecified atom stereocenters. The number of halogens is 1. The van der Waals surface area contributed by atoms with E-state index in [0.29, 0.717) is 36.3 Å². The Morgan fingerprint density at radius 3 is 2.64 bits per heavy atom. The molecule has 1 amide bonds. The van der Waals surface area contributed by atoms with Crippen LogP contribution in [0.5, 0.6) is 0 Å². The normalized spacial score (nSPS) is 15.2. The lowest BCUT2D eigenvalue weighted by atomic mass is 9.94. The van der Waals surface area contributed by atoms with Crippen molar-refractivity contribution in [3.63, 3.8) is 0 Å². The number of amides is 1. The maximum Gasteiger partial charge on any atom is 0.250 e. The van der Waals surface area contributed by atoms with E-state index < -0.39 is 22.6 Å². The van der Waals surface area contributed by atoms with Crippen molar-refractivity contribution in [2.45, 2.75) is 26.7 Å². The lowest BCUT2D eigenvalue weighted by Gasteiger charge is -2.23. The first-order valence-corrected chi connectivity index (χ1v) is 13.7. The lowest BCUT2D eigenvalue weighted by Crippen LogP contribution is -2.33. The van der Waals surface area contributed by atoms with E-state index in [2.05, 4.69) is 10.3 Å². The molecule has 4 rings (SSSR count). The molecule has 0 saturated heterocycles. The van der Waals surface area contributed by atoms with Gasteiger partial charge in [-0.1, -0.05) is 37.3 Å². The van der Waals surface area contributed by atoms with Crippen LogP contribution in [0.3, 0.4) is 0 Å². The van der Waals surface area contributed by atoms with Crippen molar-refractivity contribution in [1.29, 1.82) is 0 Å². The van der Waals surface area contributed by atoms with E-state index in [1.54, 1.807) is 6.07 Å². The molecule has 36 heavy (non-hydrogen) atoms. The Labute approximate surface area is 210 Å². The summed E-state index contributed by atoms with van der Waals surface area (Å²) in [5.41, 5.74) is 12.6. The molecule has 0 bridgehead atoms. The van der Waals surface area contributed by atoms with Crippen LogP contribution in [0.1, 0.15) is 41.4 Å². The number of rotatable bonds is 8. The van der Waals surface area contributed by atoms with Gasteiger partial charge in [0.25, 0.3) is 5.91 Å². The Bertz CT molecular complexity index is 1490. The van der Waals surface area contributed by atoms with Crippen molar-refractivity contribution in [2.24, 2.45) is 5.73 Å². The van der Waals surface area contributed by atoms with Crippen molar-refractivity contribution >= 4 is 38.1 Å². The highest BCUT2D eigenvalue weighted by atomic mass is 32.2. The number of nitrogens with two attached hydrogens (primary N) is 1. The number of anilines is 1. The molecule has 0 fully saturated rings. The van der Waals surface area contributed by atoms with Crippen LogP contribution in [-0.2, 0) is 10.0 Å². The van der Waals surface area contributed by atoms with Crippen LogP contribution in [0, 0.1) is 6.92 Å². The second kappa shape index (κ2) is 10.3. The molecule has 0 spiro atoms. The molecule has 0 radical (unpaired) electrons. The maximum absolute atomic E-state index is 13.5. The summed E-state index contributed by atoms with van der Waals surface area (Å²) in [6, 6.07) is 11.4. The van der Waals surface area contributed by atoms with Crippen molar-refractivity contribution in [3.8, 4) is 11.1 Å². The molecule has 2 heterocycles. The first-order valence-electron chi connectivity index (χ1n) is 11.9. The molecule has 9 heteroatoms. The Hall–Kier alpha value is -3.43. The molecule has 4 N–H and O–H groups in total. The van der Waals surface area contributed by atoms with E-state index in [1.165, 1.54) is 10.6 Å². The van der Waals surface area contributed by atoms with Crippen molar-refractivity contribution in [1.82, 2.24) is 9.29 Å². The number of sulfonamides is 1. The predicted octanol–water partition coefficient (Wildman–Crippen LogP) is 4.97.